The molecule has 2 N–H and O–H groups in total. The number of nitrogens with zero attached hydrogens (tertiary/aromatic N) is 2. The van der Waals surface area contributed by atoms with Gasteiger partial charge in [0.25, 0.3) is 5.91 Å². The number of piperazine rings is 1. The maximum absolute atomic E-state index is 13.6. The van der Waals surface area contributed by atoms with Crippen LogP contribution in [-0.4, -0.2) is 73.3 Å². The highest BCUT2D eigenvalue weighted by atomic mass is 19.1. The summed E-state index contributed by atoms with van der Waals surface area (Å²) < 4.78 is 26.4. The first kappa shape index (κ1) is 21.7. The molecule has 1 aromatic rings. The molecule has 0 radical (unpaired) electrons. The maximum Gasteiger partial charge on any atom is 0.254 e. The molecule has 0 atom stereocenters. The van der Waals surface area contributed by atoms with Crippen LogP contribution in [0.3, 0.4) is 0 Å². The number of nitrogens with one attached hydrogen (secondary N) is 2. The second-order valence-electron chi connectivity index (χ2n) is 6.64. The van der Waals surface area contributed by atoms with E-state index in [9.17, 15) is 23.2 Å². The van der Waals surface area contributed by atoms with E-state index in [0.717, 1.165) is 18.6 Å². The van der Waals surface area contributed by atoms with E-state index in [2.05, 4.69) is 10.6 Å². The predicted molar refractivity (Wildman–Crippen MR) is 99.6 cm³/mol. The molecular weight excluding hydrogens is 370 g/mol. The van der Waals surface area contributed by atoms with E-state index in [4.69, 9.17) is 0 Å². The fourth-order valence-corrected chi connectivity index (χ4v) is 2.89. The largest absolute Gasteiger partial charge is 0.355 e. The molecule has 0 spiro atoms. The van der Waals surface area contributed by atoms with Crippen molar-refractivity contribution >= 4 is 17.7 Å². The molecule has 0 aromatic heterocycles. The summed E-state index contributed by atoms with van der Waals surface area (Å²) in [5.74, 6) is -2.52. The van der Waals surface area contributed by atoms with Gasteiger partial charge in [0.1, 0.15) is 11.6 Å². The van der Waals surface area contributed by atoms with Gasteiger partial charge in [0.2, 0.25) is 11.8 Å². The fourth-order valence-electron chi connectivity index (χ4n) is 2.89. The molecule has 28 heavy (non-hydrogen) atoms. The second kappa shape index (κ2) is 10.7. The zero-order valence-electron chi connectivity index (χ0n) is 16.0. The lowest BCUT2D eigenvalue weighted by Crippen LogP contribution is -2.51. The van der Waals surface area contributed by atoms with Crippen molar-refractivity contribution in [1.82, 2.24) is 20.4 Å². The molecule has 1 aromatic carbocycles. The highest BCUT2D eigenvalue weighted by Crippen LogP contribution is 2.09. The number of halogens is 2. The van der Waals surface area contributed by atoms with E-state index in [-0.39, 0.29) is 30.3 Å². The fraction of sp³-hybridized carbons (Fsp3) is 0.526. The predicted octanol–water partition coefficient (Wildman–Crippen LogP) is 0.755. The Balaban J connectivity index is 1.68. The number of carbonyl (C=O) groups is 3. The van der Waals surface area contributed by atoms with Gasteiger partial charge in [-0.2, -0.15) is 0 Å². The van der Waals surface area contributed by atoms with Crippen LogP contribution in [0, 0.1) is 11.6 Å². The van der Waals surface area contributed by atoms with Crippen LogP contribution in [0.2, 0.25) is 0 Å². The van der Waals surface area contributed by atoms with Crippen LogP contribution in [0.25, 0.3) is 0 Å². The first-order valence-corrected chi connectivity index (χ1v) is 9.40. The van der Waals surface area contributed by atoms with Gasteiger partial charge in [0.05, 0.1) is 12.1 Å². The number of carbonyl (C=O) groups excluding carboxylic acids is 3. The first-order chi connectivity index (χ1) is 13.4. The van der Waals surface area contributed by atoms with Gasteiger partial charge in [-0.05, 0) is 18.6 Å². The third-order valence-electron chi connectivity index (χ3n) is 4.46. The summed E-state index contributed by atoms with van der Waals surface area (Å²) in [4.78, 5) is 39.6. The smallest absolute Gasteiger partial charge is 0.254 e. The van der Waals surface area contributed by atoms with Crippen molar-refractivity contribution in [3.63, 3.8) is 0 Å². The van der Waals surface area contributed by atoms with E-state index in [1.165, 1.54) is 0 Å². The molecule has 3 amide bonds. The summed E-state index contributed by atoms with van der Waals surface area (Å²) in [6, 6.07) is 2.71. The molecule has 2 rings (SSSR count). The molecule has 0 unspecified atom stereocenters. The van der Waals surface area contributed by atoms with Gasteiger partial charge in [-0.3, -0.25) is 19.3 Å². The van der Waals surface area contributed by atoms with Crippen LogP contribution in [0.5, 0.6) is 0 Å². The number of hydrogen-bond donors (Lipinski definition) is 2. The average Bonchev–Trinajstić information content (AvgIpc) is 2.66. The average molecular weight is 396 g/mol. The number of amides is 3. The minimum Gasteiger partial charge on any atom is -0.355 e. The number of hydrogen-bond acceptors (Lipinski definition) is 4. The summed E-state index contributed by atoms with van der Waals surface area (Å²) in [6.45, 7) is 5.28. The Morgan fingerprint density at radius 1 is 1.04 bits per heavy atom. The van der Waals surface area contributed by atoms with E-state index in [0.29, 0.717) is 45.3 Å². The Bertz CT molecular complexity index is 706. The third kappa shape index (κ3) is 6.56. The minimum atomic E-state index is -0.942. The molecule has 0 aliphatic carbocycles. The van der Waals surface area contributed by atoms with Gasteiger partial charge in [0, 0.05) is 51.8 Å². The highest BCUT2D eigenvalue weighted by Gasteiger charge is 2.22. The van der Waals surface area contributed by atoms with Crippen molar-refractivity contribution in [2.45, 2.75) is 19.8 Å². The summed E-state index contributed by atoms with van der Waals surface area (Å²) in [6.07, 6.45) is 0.976. The van der Waals surface area contributed by atoms with Gasteiger partial charge in [0.15, 0.2) is 0 Å². The number of benzene rings is 1. The van der Waals surface area contributed by atoms with Gasteiger partial charge >= 0.3 is 0 Å². The van der Waals surface area contributed by atoms with Gasteiger partial charge in [-0.15, -0.1) is 0 Å². The van der Waals surface area contributed by atoms with Crippen molar-refractivity contribution in [3.8, 4) is 0 Å². The van der Waals surface area contributed by atoms with Crippen LogP contribution in [-0.2, 0) is 9.59 Å². The Labute approximate surface area is 163 Å². The summed E-state index contributed by atoms with van der Waals surface area (Å²) in [5.41, 5.74) is -0.260. The normalized spacial score (nSPS) is 14.6. The lowest BCUT2D eigenvalue weighted by Gasteiger charge is -2.34. The molecule has 0 bridgehead atoms. The molecule has 9 heteroatoms. The van der Waals surface area contributed by atoms with Crippen molar-refractivity contribution < 1.29 is 23.2 Å². The Kier molecular flexibility index (Phi) is 8.31. The van der Waals surface area contributed by atoms with Crippen LogP contribution >= 0.6 is 0 Å². The molecule has 1 heterocycles. The molecule has 1 fully saturated rings. The van der Waals surface area contributed by atoms with Gasteiger partial charge in [-0.25, -0.2) is 8.78 Å². The van der Waals surface area contributed by atoms with Crippen LogP contribution in [0.1, 0.15) is 30.1 Å². The molecule has 1 aliphatic heterocycles. The van der Waals surface area contributed by atoms with E-state index in [1.807, 2.05) is 11.8 Å². The van der Waals surface area contributed by atoms with E-state index < -0.39 is 17.5 Å². The standard InChI is InChI=1S/C19H26F2N4O3/c1-2-6-22-17(26)13-24-8-10-25(11-9-24)18(27)5-7-23-19(28)15-4-3-14(20)12-16(15)21/h3-4,12H,2,5-11,13H2,1H3,(H,22,26)(H,23,28). The molecule has 0 saturated carbocycles. The minimum absolute atomic E-state index is 0.0163. The third-order valence-corrected chi connectivity index (χ3v) is 4.46. The lowest BCUT2D eigenvalue weighted by molar-refractivity contribution is -0.133. The van der Waals surface area contributed by atoms with Crippen LogP contribution in [0.4, 0.5) is 8.78 Å². The Morgan fingerprint density at radius 3 is 2.39 bits per heavy atom. The summed E-state index contributed by atoms with van der Waals surface area (Å²) >= 11 is 0. The monoisotopic (exact) mass is 396 g/mol. The molecule has 154 valence electrons. The zero-order chi connectivity index (χ0) is 20.5. The molecule has 7 nitrogen and oxygen atoms in total. The van der Waals surface area contributed by atoms with Crippen LogP contribution < -0.4 is 10.6 Å². The van der Waals surface area contributed by atoms with Gasteiger partial charge < -0.3 is 15.5 Å². The van der Waals surface area contributed by atoms with Crippen molar-refractivity contribution in [1.29, 1.82) is 0 Å². The molecular formula is C19H26F2N4O3. The van der Waals surface area contributed by atoms with Gasteiger partial charge in [-0.1, -0.05) is 6.92 Å². The Hall–Kier alpha value is -2.55. The van der Waals surface area contributed by atoms with E-state index in [1.54, 1.807) is 4.90 Å². The molecule has 1 saturated heterocycles. The topological polar surface area (TPSA) is 81.8 Å². The quantitative estimate of drug-likeness (QED) is 0.680. The number of rotatable bonds is 8. The second-order valence-corrected chi connectivity index (χ2v) is 6.64. The van der Waals surface area contributed by atoms with Crippen molar-refractivity contribution in [2.24, 2.45) is 0 Å². The summed E-state index contributed by atoms with van der Waals surface area (Å²) in [7, 11) is 0. The summed E-state index contributed by atoms with van der Waals surface area (Å²) in [5, 5.41) is 5.30. The van der Waals surface area contributed by atoms with Crippen molar-refractivity contribution in [3.05, 3.63) is 35.4 Å². The molecule has 1 aliphatic rings. The van der Waals surface area contributed by atoms with Crippen LogP contribution in [0.15, 0.2) is 18.2 Å². The maximum atomic E-state index is 13.6. The highest BCUT2D eigenvalue weighted by molar-refractivity contribution is 5.94. The van der Waals surface area contributed by atoms with Crippen molar-refractivity contribution in [2.75, 3.05) is 45.8 Å². The Morgan fingerprint density at radius 2 is 1.75 bits per heavy atom. The first-order valence-electron chi connectivity index (χ1n) is 9.40. The van der Waals surface area contributed by atoms with E-state index >= 15 is 0 Å². The zero-order valence-corrected chi connectivity index (χ0v) is 16.0. The lowest BCUT2D eigenvalue weighted by atomic mass is 10.2. The SMILES string of the molecule is CCCNC(=O)CN1CCN(C(=O)CCNC(=O)c2ccc(F)cc2F)CC1.